The molecular weight excluding hydrogens is 399 g/mol. The highest BCUT2D eigenvalue weighted by Gasteiger charge is 2.22. The number of carbonyl (C=O) groups is 1. The first kappa shape index (κ1) is 19.4. The van der Waals surface area contributed by atoms with Crippen LogP contribution in [-0.2, 0) is 0 Å². The number of aromatic amines is 1. The second-order valence-electron chi connectivity index (χ2n) is 7.98. The minimum absolute atomic E-state index is 0.167. The van der Waals surface area contributed by atoms with E-state index >= 15 is 0 Å². The SMILES string of the molecule is CN1CCC(c2ccc(-c3cnc4[nH]cc(-c5nc(C(=O)O)co5)c4c3)cc2F)CC1. The highest BCUT2D eigenvalue weighted by atomic mass is 19.1. The number of pyridine rings is 1. The normalized spacial score (nSPS) is 15.5. The van der Waals surface area contributed by atoms with Gasteiger partial charge < -0.3 is 19.4 Å². The molecule has 1 aliphatic rings. The Hall–Kier alpha value is -3.52. The van der Waals surface area contributed by atoms with Gasteiger partial charge in [0, 0.05) is 23.3 Å². The molecule has 0 radical (unpaired) electrons. The van der Waals surface area contributed by atoms with Crippen LogP contribution in [0.1, 0.15) is 34.8 Å². The number of hydrogen-bond donors (Lipinski definition) is 2. The van der Waals surface area contributed by atoms with E-state index in [4.69, 9.17) is 9.52 Å². The number of nitrogens with zero attached hydrogens (tertiary/aromatic N) is 3. The number of aromatic carboxylic acids is 1. The molecular formula is C23H21FN4O3. The van der Waals surface area contributed by atoms with Gasteiger partial charge in [-0.15, -0.1) is 0 Å². The number of carboxylic acids is 1. The number of oxazole rings is 1. The molecule has 1 aromatic carbocycles. The number of piperidine rings is 1. The summed E-state index contributed by atoms with van der Waals surface area (Å²) < 4.78 is 20.3. The molecule has 1 fully saturated rings. The van der Waals surface area contributed by atoms with Crippen LogP contribution in [0.2, 0.25) is 0 Å². The molecule has 7 nitrogen and oxygen atoms in total. The zero-order chi connectivity index (χ0) is 21.5. The van der Waals surface area contributed by atoms with Crippen molar-refractivity contribution in [3.8, 4) is 22.6 Å². The highest BCUT2D eigenvalue weighted by Crippen LogP contribution is 2.34. The summed E-state index contributed by atoms with van der Waals surface area (Å²) in [5.74, 6) is -0.920. The second kappa shape index (κ2) is 7.63. The third kappa shape index (κ3) is 3.59. The summed E-state index contributed by atoms with van der Waals surface area (Å²) in [6.45, 7) is 1.96. The van der Waals surface area contributed by atoms with Crippen LogP contribution in [0.15, 0.2) is 47.3 Å². The summed E-state index contributed by atoms with van der Waals surface area (Å²) >= 11 is 0. The molecule has 31 heavy (non-hydrogen) atoms. The lowest BCUT2D eigenvalue weighted by atomic mass is 9.88. The third-order valence-electron chi connectivity index (χ3n) is 5.98. The summed E-state index contributed by atoms with van der Waals surface area (Å²) in [5.41, 5.74) is 3.30. The van der Waals surface area contributed by atoms with Gasteiger partial charge in [-0.25, -0.2) is 19.2 Å². The molecule has 4 aromatic rings. The monoisotopic (exact) mass is 420 g/mol. The molecule has 0 amide bonds. The van der Waals surface area contributed by atoms with Crippen molar-refractivity contribution in [2.24, 2.45) is 0 Å². The summed E-state index contributed by atoms with van der Waals surface area (Å²) in [5, 5.41) is 9.80. The van der Waals surface area contributed by atoms with Crippen LogP contribution in [0.3, 0.4) is 0 Å². The molecule has 0 unspecified atom stereocenters. The van der Waals surface area contributed by atoms with E-state index in [0.717, 1.165) is 54.3 Å². The van der Waals surface area contributed by atoms with Gasteiger partial charge in [-0.1, -0.05) is 12.1 Å². The van der Waals surface area contributed by atoms with Gasteiger partial charge in [-0.2, -0.15) is 0 Å². The molecule has 1 aliphatic heterocycles. The summed E-state index contributed by atoms with van der Waals surface area (Å²) in [7, 11) is 2.09. The molecule has 2 N–H and O–H groups in total. The van der Waals surface area contributed by atoms with Gasteiger partial charge in [0.15, 0.2) is 5.69 Å². The molecule has 8 heteroatoms. The minimum Gasteiger partial charge on any atom is -0.476 e. The number of nitrogens with one attached hydrogen (secondary N) is 1. The van der Waals surface area contributed by atoms with Crippen molar-refractivity contribution in [3.05, 3.63) is 60.0 Å². The maximum atomic E-state index is 15.0. The van der Waals surface area contributed by atoms with E-state index in [1.165, 1.54) is 0 Å². The molecule has 3 aromatic heterocycles. The van der Waals surface area contributed by atoms with Crippen LogP contribution in [0, 0.1) is 5.82 Å². The van der Waals surface area contributed by atoms with Gasteiger partial charge in [0.05, 0.1) is 5.56 Å². The van der Waals surface area contributed by atoms with E-state index in [1.54, 1.807) is 18.5 Å². The van der Waals surface area contributed by atoms with E-state index in [-0.39, 0.29) is 23.3 Å². The lowest BCUT2D eigenvalue weighted by Crippen LogP contribution is -2.29. The largest absolute Gasteiger partial charge is 0.476 e. The second-order valence-corrected chi connectivity index (χ2v) is 7.98. The quantitative estimate of drug-likeness (QED) is 0.504. The fourth-order valence-electron chi connectivity index (χ4n) is 4.19. The third-order valence-corrected chi connectivity index (χ3v) is 5.98. The molecule has 1 saturated heterocycles. The van der Waals surface area contributed by atoms with Crippen molar-refractivity contribution >= 4 is 17.0 Å². The Morgan fingerprint density at radius 1 is 1.26 bits per heavy atom. The number of carboxylic acid groups (broad SMARTS) is 1. The number of fused-ring (bicyclic) bond motifs is 1. The van der Waals surface area contributed by atoms with E-state index in [9.17, 15) is 9.18 Å². The lowest BCUT2D eigenvalue weighted by Gasteiger charge is -2.29. The van der Waals surface area contributed by atoms with Crippen LogP contribution >= 0.6 is 0 Å². The Morgan fingerprint density at radius 2 is 2.06 bits per heavy atom. The number of rotatable bonds is 4. The standard InChI is InChI=1S/C23H21FN4O3/c1-28-6-4-13(5-7-28)16-3-2-14(9-19(16)24)15-8-17-18(11-26-21(17)25-10-15)22-27-20(12-31-22)23(29)30/h2-3,8-13H,4-7H2,1H3,(H,25,26)(H,29,30). The van der Waals surface area contributed by atoms with Crippen LogP contribution in [0.4, 0.5) is 4.39 Å². The van der Waals surface area contributed by atoms with Gasteiger partial charge in [-0.3, -0.25) is 0 Å². The molecule has 0 atom stereocenters. The van der Waals surface area contributed by atoms with Crippen molar-refractivity contribution in [2.45, 2.75) is 18.8 Å². The van der Waals surface area contributed by atoms with Crippen molar-refractivity contribution in [3.63, 3.8) is 0 Å². The predicted octanol–water partition coefficient (Wildman–Crippen LogP) is 4.53. The van der Waals surface area contributed by atoms with Gasteiger partial charge in [0.2, 0.25) is 5.89 Å². The van der Waals surface area contributed by atoms with Crippen LogP contribution in [0.25, 0.3) is 33.6 Å². The summed E-state index contributed by atoms with van der Waals surface area (Å²) in [6, 6.07) is 7.26. The highest BCUT2D eigenvalue weighted by molar-refractivity contribution is 5.94. The van der Waals surface area contributed by atoms with Gasteiger partial charge in [-0.05, 0) is 62.2 Å². The maximum Gasteiger partial charge on any atom is 0.357 e. The molecule has 0 aliphatic carbocycles. The van der Waals surface area contributed by atoms with Crippen molar-refractivity contribution in [1.29, 1.82) is 0 Å². The number of halogens is 1. The summed E-state index contributed by atoms with van der Waals surface area (Å²) in [6.07, 6.45) is 6.38. The molecule has 0 bridgehead atoms. The zero-order valence-corrected chi connectivity index (χ0v) is 16.9. The van der Waals surface area contributed by atoms with Gasteiger partial charge in [0.25, 0.3) is 0 Å². The van der Waals surface area contributed by atoms with E-state index in [1.807, 2.05) is 18.2 Å². The fourth-order valence-corrected chi connectivity index (χ4v) is 4.19. The molecule has 4 heterocycles. The fraction of sp³-hybridized carbons (Fsp3) is 0.261. The first-order valence-corrected chi connectivity index (χ1v) is 10.1. The molecule has 0 saturated carbocycles. The van der Waals surface area contributed by atoms with Crippen LogP contribution < -0.4 is 0 Å². The van der Waals surface area contributed by atoms with Crippen molar-refractivity contribution in [1.82, 2.24) is 19.9 Å². The maximum absolute atomic E-state index is 15.0. The van der Waals surface area contributed by atoms with E-state index in [0.29, 0.717) is 11.2 Å². The summed E-state index contributed by atoms with van der Waals surface area (Å²) in [4.78, 5) is 24.8. The van der Waals surface area contributed by atoms with Crippen LogP contribution in [0.5, 0.6) is 0 Å². The van der Waals surface area contributed by atoms with Gasteiger partial charge >= 0.3 is 5.97 Å². The Kier molecular flexibility index (Phi) is 4.78. The Labute approximate surface area is 177 Å². The zero-order valence-electron chi connectivity index (χ0n) is 16.9. The van der Waals surface area contributed by atoms with Crippen molar-refractivity contribution in [2.75, 3.05) is 20.1 Å². The number of aromatic nitrogens is 3. The number of benzene rings is 1. The predicted molar refractivity (Wildman–Crippen MR) is 113 cm³/mol. The van der Waals surface area contributed by atoms with Crippen LogP contribution in [-0.4, -0.2) is 51.1 Å². The Morgan fingerprint density at radius 3 is 2.77 bits per heavy atom. The first-order valence-electron chi connectivity index (χ1n) is 10.1. The average Bonchev–Trinajstić information content (AvgIpc) is 3.41. The van der Waals surface area contributed by atoms with E-state index in [2.05, 4.69) is 26.9 Å². The lowest BCUT2D eigenvalue weighted by molar-refractivity contribution is 0.0690. The minimum atomic E-state index is -1.16. The molecule has 158 valence electrons. The average molecular weight is 420 g/mol. The number of H-pyrrole nitrogens is 1. The Bertz CT molecular complexity index is 1270. The van der Waals surface area contributed by atoms with Gasteiger partial charge in [0.1, 0.15) is 17.7 Å². The number of likely N-dealkylation sites (tertiary alicyclic amines) is 1. The topological polar surface area (TPSA) is 95.2 Å². The first-order chi connectivity index (χ1) is 15.0. The Balaban J connectivity index is 1.49. The smallest absolute Gasteiger partial charge is 0.357 e. The molecule has 0 spiro atoms. The van der Waals surface area contributed by atoms with E-state index < -0.39 is 5.97 Å². The molecule has 5 rings (SSSR count). The number of hydrogen-bond acceptors (Lipinski definition) is 5. The van der Waals surface area contributed by atoms with Crippen molar-refractivity contribution < 1.29 is 18.7 Å².